The van der Waals surface area contributed by atoms with E-state index in [1.807, 2.05) is 27.7 Å². The van der Waals surface area contributed by atoms with Crippen molar-refractivity contribution in [1.29, 1.82) is 0 Å². The normalized spacial score (nSPS) is 18.7. The van der Waals surface area contributed by atoms with E-state index in [4.69, 9.17) is 9.47 Å². The van der Waals surface area contributed by atoms with Crippen LogP contribution in [0.3, 0.4) is 0 Å². The highest BCUT2D eigenvalue weighted by Crippen LogP contribution is 2.46. The van der Waals surface area contributed by atoms with Gasteiger partial charge in [-0.2, -0.15) is 0 Å². The molecule has 0 amide bonds. The van der Waals surface area contributed by atoms with Crippen LogP contribution < -0.4 is 9.47 Å². The summed E-state index contributed by atoms with van der Waals surface area (Å²) in [5.74, 6) is 0.867. The molecule has 0 saturated heterocycles. The predicted octanol–water partition coefficient (Wildman–Crippen LogP) is 4.28. The fourth-order valence-corrected chi connectivity index (χ4v) is 3.70. The van der Waals surface area contributed by atoms with Gasteiger partial charge in [0.05, 0.1) is 5.57 Å². The number of phenols is 2. The largest absolute Gasteiger partial charge is 0.508 e. The molecule has 2 aromatic carbocycles. The van der Waals surface area contributed by atoms with Gasteiger partial charge in [0.25, 0.3) is 0 Å². The van der Waals surface area contributed by atoms with Crippen LogP contribution in [-0.2, 0) is 11.2 Å². The maximum atomic E-state index is 12.4. The number of hydrogen-bond donors (Lipinski definition) is 2. The van der Waals surface area contributed by atoms with Gasteiger partial charge >= 0.3 is 5.97 Å². The Hall–Kier alpha value is -2.95. The van der Waals surface area contributed by atoms with Gasteiger partial charge in [-0.1, -0.05) is 0 Å². The molecule has 2 aromatic rings. The molecule has 2 aliphatic heterocycles. The van der Waals surface area contributed by atoms with E-state index in [9.17, 15) is 15.0 Å². The van der Waals surface area contributed by atoms with Gasteiger partial charge in [-0.15, -0.1) is 0 Å². The summed E-state index contributed by atoms with van der Waals surface area (Å²) in [6, 6.07) is 4.53. The van der Waals surface area contributed by atoms with Gasteiger partial charge in [0.2, 0.25) is 0 Å². The van der Waals surface area contributed by atoms with E-state index in [1.165, 1.54) is 12.1 Å². The fraction of sp³-hybridized carbons (Fsp3) is 0.318. The molecule has 2 heterocycles. The Morgan fingerprint density at radius 3 is 2.63 bits per heavy atom. The highest BCUT2D eigenvalue weighted by atomic mass is 16.5. The number of hydrogen-bond acceptors (Lipinski definition) is 5. The Morgan fingerprint density at radius 2 is 1.89 bits per heavy atom. The topological polar surface area (TPSA) is 76.0 Å². The average molecular weight is 366 g/mol. The second-order valence-corrected chi connectivity index (χ2v) is 7.81. The van der Waals surface area contributed by atoms with E-state index in [-0.39, 0.29) is 17.1 Å². The molecule has 140 valence electrons. The summed E-state index contributed by atoms with van der Waals surface area (Å²) in [7, 11) is 0. The first-order valence-corrected chi connectivity index (χ1v) is 8.99. The summed E-state index contributed by atoms with van der Waals surface area (Å²) in [5.41, 5.74) is 3.65. The standard InChI is InChI=1S/C22H22O5/c1-11-12(2)20-14(7-8-22(3,4)27-20)16(19(11)24)10-17-15-9-13(23)5-6-18(15)26-21(17)25/h5-6,9-10,23-24H,7-8H2,1-4H3. The van der Waals surface area contributed by atoms with E-state index < -0.39 is 5.97 Å². The van der Waals surface area contributed by atoms with Crippen LogP contribution in [0.25, 0.3) is 11.6 Å². The summed E-state index contributed by atoms with van der Waals surface area (Å²) < 4.78 is 11.5. The van der Waals surface area contributed by atoms with Crippen molar-refractivity contribution in [3.05, 3.63) is 46.0 Å². The van der Waals surface area contributed by atoms with Crippen LogP contribution in [0.1, 0.15) is 48.1 Å². The number of ether oxygens (including phenoxy) is 2. The first-order valence-electron chi connectivity index (χ1n) is 8.99. The molecule has 2 aliphatic rings. The molecule has 4 rings (SSSR count). The molecule has 0 saturated carbocycles. The zero-order valence-electron chi connectivity index (χ0n) is 15.8. The molecular weight excluding hydrogens is 344 g/mol. The number of benzene rings is 2. The third kappa shape index (κ3) is 2.74. The van der Waals surface area contributed by atoms with Crippen molar-refractivity contribution in [2.24, 2.45) is 0 Å². The molecule has 27 heavy (non-hydrogen) atoms. The van der Waals surface area contributed by atoms with E-state index in [0.717, 1.165) is 35.3 Å². The summed E-state index contributed by atoms with van der Waals surface area (Å²) >= 11 is 0. The minimum atomic E-state index is -0.501. The highest BCUT2D eigenvalue weighted by molar-refractivity contribution is 6.26. The molecular formula is C22H22O5. The third-order valence-corrected chi connectivity index (χ3v) is 5.43. The molecule has 0 atom stereocenters. The van der Waals surface area contributed by atoms with E-state index >= 15 is 0 Å². The van der Waals surface area contributed by atoms with Crippen LogP contribution in [-0.4, -0.2) is 21.8 Å². The number of esters is 1. The zero-order chi connectivity index (χ0) is 19.5. The second-order valence-electron chi connectivity index (χ2n) is 7.81. The zero-order valence-corrected chi connectivity index (χ0v) is 15.8. The summed E-state index contributed by atoms with van der Waals surface area (Å²) in [6.45, 7) is 7.86. The Kier molecular flexibility index (Phi) is 3.74. The average Bonchev–Trinajstić information content (AvgIpc) is 2.91. The van der Waals surface area contributed by atoms with Gasteiger partial charge in [-0.3, -0.25) is 0 Å². The van der Waals surface area contributed by atoms with Crippen LogP contribution in [0.2, 0.25) is 0 Å². The van der Waals surface area contributed by atoms with E-state index in [2.05, 4.69) is 0 Å². The quantitative estimate of drug-likeness (QED) is 0.448. The minimum Gasteiger partial charge on any atom is -0.508 e. The van der Waals surface area contributed by atoms with E-state index in [1.54, 1.807) is 12.1 Å². The van der Waals surface area contributed by atoms with Crippen LogP contribution in [0.15, 0.2) is 18.2 Å². The number of phenolic OH excluding ortho intramolecular Hbond substituents is 2. The number of fused-ring (bicyclic) bond motifs is 2. The molecule has 5 nitrogen and oxygen atoms in total. The predicted molar refractivity (Wildman–Crippen MR) is 102 cm³/mol. The number of aromatic hydroxyl groups is 2. The smallest absolute Gasteiger partial charge is 0.344 e. The van der Waals surface area contributed by atoms with Crippen LogP contribution in [0.5, 0.6) is 23.0 Å². The minimum absolute atomic E-state index is 0.0503. The summed E-state index contributed by atoms with van der Waals surface area (Å²) in [6.07, 6.45) is 3.19. The number of carbonyl (C=O) groups excluding carboxylic acids is 1. The van der Waals surface area contributed by atoms with Gasteiger partial charge in [0, 0.05) is 16.7 Å². The Bertz CT molecular complexity index is 1010. The SMILES string of the molecule is Cc1c(C)c2c(c(C=C3C(=O)Oc4ccc(O)cc43)c1O)CCC(C)(C)O2. The molecule has 0 spiro atoms. The summed E-state index contributed by atoms with van der Waals surface area (Å²) in [5, 5.41) is 20.6. The van der Waals surface area contributed by atoms with Gasteiger partial charge in [-0.25, -0.2) is 4.79 Å². The van der Waals surface area contributed by atoms with Crippen molar-refractivity contribution in [2.45, 2.75) is 46.1 Å². The molecule has 2 N–H and O–H groups in total. The van der Waals surface area contributed by atoms with Crippen LogP contribution in [0, 0.1) is 13.8 Å². The second kappa shape index (κ2) is 5.78. The Morgan fingerprint density at radius 1 is 1.15 bits per heavy atom. The molecule has 0 fully saturated rings. The first-order chi connectivity index (χ1) is 12.7. The lowest BCUT2D eigenvalue weighted by molar-refractivity contribution is -0.126. The van der Waals surface area contributed by atoms with Crippen LogP contribution >= 0.6 is 0 Å². The lowest BCUT2D eigenvalue weighted by Crippen LogP contribution is -2.33. The van der Waals surface area contributed by atoms with Crippen molar-refractivity contribution < 1.29 is 24.5 Å². The Balaban J connectivity index is 1.94. The molecule has 0 aliphatic carbocycles. The number of carbonyl (C=O) groups is 1. The van der Waals surface area contributed by atoms with Crippen molar-refractivity contribution in [3.63, 3.8) is 0 Å². The van der Waals surface area contributed by atoms with E-state index in [0.29, 0.717) is 22.4 Å². The van der Waals surface area contributed by atoms with Crippen molar-refractivity contribution >= 4 is 17.6 Å². The number of rotatable bonds is 1. The van der Waals surface area contributed by atoms with Crippen LogP contribution in [0.4, 0.5) is 0 Å². The molecule has 0 aromatic heterocycles. The lowest BCUT2D eigenvalue weighted by Gasteiger charge is -2.35. The molecule has 0 radical (unpaired) electrons. The van der Waals surface area contributed by atoms with Gasteiger partial charge in [-0.05, 0) is 75.9 Å². The van der Waals surface area contributed by atoms with Crippen molar-refractivity contribution in [3.8, 4) is 23.0 Å². The maximum Gasteiger partial charge on any atom is 0.344 e. The molecule has 0 bridgehead atoms. The van der Waals surface area contributed by atoms with Gasteiger partial charge < -0.3 is 19.7 Å². The maximum absolute atomic E-state index is 12.4. The molecule has 0 unspecified atom stereocenters. The monoisotopic (exact) mass is 366 g/mol. The Labute approximate surface area is 157 Å². The molecule has 5 heteroatoms. The van der Waals surface area contributed by atoms with Gasteiger partial charge in [0.1, 0.15) is 28.6 Å². The van der Waals surface area contributed by atoms with Gasteiger partial charge in [0.15, 0.2) is 0 Å². The fourth-order valence-electron chi connectivity index (χ4n) is 3.70. The van der Waals surface area contributed by atoms with Crippen molar-refractivity contribution in [1.82, 2.24) is 0 Å². The highest BCUT2D eigenvalue weighted by Gasteiger charge is 2.33. The lowest BCUT2D eigenvalue weighted by atomic mass is 9.86. The third-order valence-electron chi connectivity index (χ3n) is 5.43. The first kappa shape index (κ1) is 17.5. The van der Waals surface area contributed by atoms with Crippen molar-refractivity contribution in [2.75, 3.05) is 0 Å². The summed E-state index contributed by atoms with van der Waals surface area (Å²) in [4.78, 5) is 12.4.